The molecule has 0 fully saturated rings. The van der Waals surface area contributed by atoms with E-state index in [1.165, 1.54) is 0 Å². The summed E-state index contributed by atoms with van der Waals surface area (Å²) in [6.45, 7) is 0.731. The summed E-state index contributed by atoms with van der Waals surface area (Å²) in [6, 6.07) is 5.56. The zero-order valence-electron chi connectivity index (χ0n) is 9.25. The molecule has 0 saturated carbocycles. The van der Waals surface area contributed by atoms with E-state index in [9.17, 15) is 0 Å². The number of halogens is 2. The maximum Gasteiger partial charge on any atom is 0.111 e. The van der Waals surface area contributed by atoms with Crippen molar-refractivity contribution in [1.29, 1.82) is 0 Å². The number of nitrogens with two attached hydrogens (primary N) is 1. The molecule has 5 heteroatoms. The molecule has 1 aliphatic heterocycles. The lowest BCUT2D eigenvalue weighted by Gasteiger charge is -2.17. The number of nitrogens with one attached hydrogen (secondary N) is 1. The molecule has 0 radical (unpaired) electrons. The smallest absolute Gasteiger partial charge is 0.111 e. The van der Waals surface area contributed by atoms with E-state index in [0.717, 1.165) is 30.8 Å². The first kappa shape index (κ1) is 12.7. The van der Waals surface area contributed by atoms with Crippen molar-refractivity contribution in [3.8, 4) is 0 Å². The zero-order valence-corrected chi connectivity index (χ0v) is 10.8. The molecule has 0 bridgehead atoms. The van der Waals surface area contributed by atoms with Crippen molar-refractivity contribution < 1.29 is 4.74 Å². The van der Waals surface area contributed by atoms with Gasteiger partial charge in [0.1, 0.15) is 5.76 Å². The average Bonchev–Trinajstić information content (AvgIpc) is 2.84. The van der Waals surface area contributed by atoms with Crippen LogP contribution >= 0.6 is 23.2 Å². The van der Waals surface area contributed by atoms with Crippen LogP contribution in [0.1, 0.15) is 12.0 Å². The molecule has 17 heavy (non-hydrogen) atoms. The van der Waals surface area contributed by atoms with Crippen LogP contribution in [0, 0.1) is 0 Å². The van der Waals surface area contributed by atoms with Gasteiger partial charge >= 0.3 is 0 Å². The fourth-order valence-electron chi connectivity index (χ4n) is 1.82. The van der Waals surface area contributed by atoms with E-state index in [4.69, 9.17) is 33.8 Å². The molecule has 3 nitrogen and oxygen atoms in total. The van der Waals surface area contributed by atoms with E-state index in [1.807, 2.05) is 12.1 Å². The molecular formula is C12H14Cl2N2O. The van der Waals surface area contributed by atoms with Gasteiger partial charge in [0.05, 0.1) is 22.7 Å². The lowest BCUT2D eigenvalue weighted by atomic mass is 10.0. The molecule has 1 aromatic rings. The summed E-state index contributed by atoms with van der Waals surface area (Å²) in [6.07, 6.45) is 3.72. The largest absolute Gasteiger partial charge is 0.496 e. The maximum absolute atomic E-state index is 5.97. The van der Waals surface area contributed by atoms with Crippen LogP contribution in [-0.2, 0) is 11.2 Å². The van der Waals surface area contributed by atoms with Crippen molar-refractivity contribution in [2.24, 2.45) is 5.84 Å². The summed E-state index contributed by atoms with van der Waals surface area (Å²) in [5, 5.41) is 1.12. The SMILES string of the molecule is NNC(Cc1ccc(Cl)c(Cl)c1)C1=CCCO1. The number of hydrazine groups is 1. The Bertz CT molecular complexity index is 435. The monoisotopic (exact) mass is 272 g/mol. The van der Waals surface area contributed by atoms with Crippen molar-refractivity contribution in [3.63, 3.8) is 0 Å². The number of benzene rings is 1. The average molecular weight is 273 g/mol. The fourth-order valence-corrected chi connectivity index (χ4v) is 2.14. The first-order valence-electron chi connectivity index (χ1n) is 5.43. The summed E-state index contributed by atoms with van der Waals surface area (Å²) < 4.78 is 5.49. The quantitative estimate of drug-likeness (QED) is 0.655. The van der Waals surface area contributed by atoms with Crippen LogP contribution in [0.5, 0.6) is 0 Å². The number of ether oxygens (including phenoxy) is 1. The standard InChI is InChI=1S/C12H14Cl2N2O/c13-9-4-3-8(6-10(9)14)7-11(16-15)12-2-1-5-17-12/h2-4,6,11,16H,1,5,7,15H2. The van der Waals surface area contributed by atoms with Crippen molar-refractivity contribution in [3.05, 3.63) is 45.6 Å². The van der Waals surface area contributed by atoms with Gasteiger partial charge in [-0.1, -0.05) is 29.3 Å². The maximum atomic E-state index is 5.97. The van der Waals surface area contributed by atoms with Crippen molar-refractivity contribution in [2.75, 3.05) is 6.61 Å². The molecule has 1 unspecified atom stereocenters. The van der Waals surface area contributed by atoms with Crippen LogP contribution in [0.25, 0.3) is 0 Å². The summed E-state index contributed by atoms with van der Waals surface area (Å²) >= 11 is 11.8. The Hall–Kier alpha value is -0.740. The normalized spacial score (nSPS) is 16.5. The van der Waals surface area contributed by atoms with Gasteiger partial charge in [-0.25, -0.2) is 5.43 Å². The van der Waals surface area contributed by atoms with Crippen LogP contribution in [0.3, 0.4) is 0 Å². The van der Waals surface area contributed by atoms with Crippen molar-refractivity contribution in [2.45, 2.75) is 18.9 Å². The van der Waals surface area contributed by atoms with Gasteiger partial charge in [0.25, 0.3) is 0 Å². The molecule has 2 rings (SSSR count). The Kier molecular flexibility index (Phi) is 4.29. The summed E-state index contributed by atoms with van der Waals surface area (Å²) in [4.78, 5) is 0. The third kappa shape index (κ3) is 3.13. The highest BCUT2D eigenvalue weighted by Gasteiger charge is 2.18. The van der Waals surface area contributed by atoms with Crippen LogP contribution < -0.4 is 11.3 Å². The molecule has 0 aromatic heterocycles. The van der Waals surface area contributed by atoms with Crippen LogP contribution in [0.15, 0.2) is 30.0 Å². The van der Waals surface area contributed by atoms with E-state index in [0.29, 0.717) is 10.0 Å². The highest BCUT2D eigenvalue weighted by molar-refractivity contribution is 6.42. The van der Waals surface area contributed by atoms with Gasteiger partial charge in [0.15, 0.2) is 0 Å². The van der Waals surface area contributed by atoms with E-state index in [-0.39, 0.29) is 6.04 Å². The fraction of sp³-hybridized carbons (Fsp3) is 0.333. The van der Waals surface area contributed by atoms with Gasteiger partial charge in [-0.3, -0.25) is 5.84 Å². The molecule has 1 atom stereocenters. The molecule has 1 aliphatic rings. The zero-order chi connectivity index (χ0) is 12.3. The van der Waals surface area contributed by atoms with Gasteiger partial charge in [-0.15, -0.1) is 0 Å². The van der Waals surface area contributed by atoms with Crippen LogP contribution in [-0.4, -0.2) is 12.6 Å². The number of rotatable bonds is 4. The van der Waals surface area contributed by atoms with Gasteiger partial charge in [-0.05, 0) is 30.2 Å². The second-order valence-corrected chi connectivity index (χ2v) is 4.73. The van der Waals surface area contributed by atoms with Crippen molar-refractivity contribution in [1.82, 2.24) is 5.43 Å². The molecule has 3 N–H and O–H groups in total. The lowest BCUT2D eigenvalue weighted by molar-refractivity contribution is 0.214. The van der Waals surface area contributed by atoms with E-state index in [2.05, 4.69) is 11.5 Å². The Balaban J connectivity index is 2.09. The van der Waals surface area contributed by atoms with Gasteiger partial charge in [0, 0.05) is 6.42 Å². The molecule has 1 aromatic carbocycles. The van der Waals surface area contributed by atoms with E-state index in [1.54, 1.807) is 6.07 Å². The minimum Gasteiger partial charge on any atom is -0.496 e. The second kappa shape index (κ2) is 5.74. The summed E-state index contributed by atoms with van der Waals surface area (Å²) in [5.41, 5.74) is 3.83. The molecule has 0 aliphatic carbocycles. The molecule has 0 spiro atoms. The third-order valence-electron chi connectivity index (χ3n) is 2.70. The van der Waals surface area contributed by atoms with Gasteiger partial charge in [-0.2, -0.15) is 0 Å². The van der Waals surface area contributed by atoms with Gasteiger partial charge in [0.2, 0.25) is 0 Å². The van der Waals surface area contributed by atoms with Crippen LogP contribution in [0.2, 0.25) is 10.0 Å². The Labute approximate surface area is 111 Å². The summed E-state index contributed by atoms with van der Waals surface area (Å²) in [7, 11) is 0. The Morgan fingerprint density at radius 2 is 2.18 bits per heavy atom. The molecule has 1 heterocycles. The number of hydrogen-bond donors (Lipinski definition) is 2. The molecular weight excluding hydrogens is 259 g/mol. The minimum absolute atomic E-state index is 0.0188. The van der Waals surface area contributed by atoms with Crippen LogP contribution in [0.4, 0.5) is 0 Å². The highest BCUT2D eigenvalue weighted by atomic mass is 35.5. The van der Waals surface area contributed by atoms with Gasteiger partial charge < -0.3 is 4.74 Å². The molecule has 92 valence electrons. The first-order chi connectivity index (χ1) is 8.20. The van der Waals surface area contributed by atoms with E-state index >= 15 is 0 Å². The van der Waals surface area contributed by atoms with E-state index < -0.39 is 0 Å². The summed E-state index contributed by atoms with van der Waals surface area (Å²) in [5.74, 6) is 6.44. The molecule has 0 saturated heterocycles. The lowest BCUT2D eigenvalue weighted by Crippen LogP contribution is -2.38. The third-order valence-corrected chi connectivity index (χ3v) is 3.44. The highest BCUT2D eigenvalue weighted by Crippen LogP contribution is 2.24. The first-order valence-corrected chi connectivity index (χ1v) is 6.19. The molecule has 0 amide bonds. The predicted molar refractivity (Wildman–Crippen MR) is 69.9 cm³/mol. The Morgan fingerprint density at radius 1 is 1.35 bits per heavy atom. The second-order valence-electron chi connectivity index (χ2n) is 3.92. The predicted octanol–water partition coefficient (Wildman–Crippen LogP) is 2.67. The minimum atomic E-state index is -0.0188. The number of hydrogen-bond acceptors (Lipinski definition) is 3. The Morgan fingerprint density at radius 3 is 2.76 bits per heavy atom. The van der Waals surface area contributed by atoms with Crippen molar-refractivity contribution >= 4 is 23.2 Å². The topological polar surface area (TPSA) is 47.3 Å².